The molecule has 0 unspecified atom stereocenters. The largest absolute Gasteiger partial charge is 0.292 e. The number of para-hydroxylation sites is 1. The first-order valence-corrected chi connectivity index (χ1v) is 11.6. The van der Waals surface area contributed by atoms with Gasteiger partial charge in [0.05, 0.1) is 10.7 Å². The van der Waals surface area contributed by atoms with E-state index in [2.05, 4.69) is 20.7 Å². The van der Waals surface area contributed by atoms with Gasteiger partial charge in [0, 0.05) is 28.2 Å². The minimum atomic E-state index is -0.233. The first-order valence-electron chi connectivity index (χ1n) is 9.66. The molecule has 0 aliphatic rings. The number of hydrazone groups is 1. The molecule has 1 heterocycles. The summed E-state index contributed by atoms with van der Waals surface area (Å²) in [6.07, 6.45) is 0. The number of ketones is 1. The molecule has 1 N–H and O–H groups in total. The molecule has 0 aliphatic heterocycles. The van der Waals surface area contributed by atoms with E-state index in [-0.39, 0.29) is 10.8 Å². The van der Waals surface area contributed by atoms with E-state index in [1.54, 1.807) is 42.5 Å². The molecule has 0 fully saturated rings. The van der Waals surface area contributed by atoms with Crippen LogP contribution in [0.25, 0.3) is 17.1 Å². The van der Waals surface area contributed by atoms with Crippen molar-refractivity contribution in [3.05, 3.63) is 87.9 Å². The molecule has 0 amide bonds. The summed E-state index contributed by atoms with van der Waals surface area (Å²) in [4.78, 5) is 12.3. The number of halogens is 3. The Balaban J connectivity index is 1.75. The fourth-order valence-corrected chi connectivity index (χ4v) is 4.38. The monoisotopic (exact) mass is 515 g/mol. The van der Waals surface area contributed by atoms with Crippen molar-refractivity contribution in [1.82, 2.24) is 14.8 Å². The average Bonchev–Trinajstić information content (AvgIpc) is 3.20. The maximum atomic E-state index is 12.3. The van der Waals surface area contributed by atoms with Crippen molar-refractivity contribution in [2.45, 2.75) is 12.1 Å². The van der Waals surface area contributed by atoms with Crippen molar-refractivity contribution in [3.8, 4) is 17.1 Å². The molecule has 4 rings (SSSR count). The first-order chi connectivity index (χ1) is 15.9. The number of anilines is 1. The summed E-state index contributed by atoms with van der Waals surface area (Å²) >= 11 is 19.6. The minimum Gasteiger partial charge on any atom is -0.292 e. The predicted octanol–water partition coefficient (Wildman–Crippen LogP) is 7.00. The van der Waals surface area contributed by atoms with Crippen molar-refractivity contribution in [2.24, 2.45) is 5.10 Å². The lowest BCUT2D eigenvalue weighted by Crippen LogP contribution is -2.10. The summed E-state index contributed by atoms with van der Waals surface area (Å²) in [5.41, 5.74) is 4.98. The standard InChI is InChI=1S/C23H16Cl3N5OS/c1-14(32)22(29-27-17-7-5-6-15(24)12-17)33-23-30-28-21(19-11-10-16(25)13-20(19)26)31(23)18-8-3-2-4-9-18/h2-13,27H,1H3/b29-22+. The van der Waals surface area contributed by atoms with Crippen molar-refractivity contribution < 1.29 is 4.79 Å². The SMILES string of the molecule is CC(=O)/C(=N\Nc1cccc(Cl)c1)Sc1nnc(-c2ccc(Cl)cc2Cl)n1-c1ccccc1. The molecule has 1 aromatic heterocycles. The highest BCUT2D eigenvalue weighted by Gasteiger charge is 2.21. The topological polar surface area (TPSA) is 72.2 Å². The average molecular weight is 517 g/mol. The third-order valence-corrected chi connectivity index (χ3v) is 6.22. The molecule has 33 heavy (non-hydrogen) atoms. The van der Waals surface area contributed by atoms with Crippen LogP contribution in [-0.2, 0) is 4.79 Å². The molecule has 3 aromatic carbocycles. The van der Waals surface area contributed by atoms with E-state index >= 15 is 0 Å². The van der Waals surface area contributed by atoms with Gasteiger partial charge in [-0.3, -0.25) is 14.8 Å². The second-order valence-corrected chi connectivity index (χ2v) is 9.03. The minimum absolute atomic E-state index is 0.202. The number of hydrogen-bond acceptors (Lipinski definition) is 6. The van der Waals surface area contributed by atoms with Crippen molar-refractivity contribution >= 4 is 63.1 Å². The van der Waals surface area contributed by atoms with Crippen LogP contribution in [0, 0.1) is 0 Å². The Bertz CT molecular complexity index is 1340. The van der Waals surface area contributed by atoms with Gasteiger partial charge in [-0.1, -0.05) is 59.1 Å². The van der Waals surface area contributed by atoms with Crippen LogP contribution in [0.2, 0.25) is 15.1 Å². The molecule has 0 aliphatic carbocycles. The molecular formula is C23H16Cl3N5OS. The second kappa shape index (κ2) is 10.4. The molecule has 10 heteroatoms. The van der Waals surface area contributed by atoms with Crippen LogP contribution in [0.1, 0.15) is 6.92 Å². The number of carbonyl (C=O) groups excluding carboxylic acids is 1. The van der Waals surface area contributed by atoms with Crippen molar-refractivity contribution in [3.63, 3.8) is 0 Å². The molecule has 0 atom stereocenters. The lowest BCUT2D eigenvalue weighted by atomic mass is 10.2. The number of carbonyl (C=O) groups is 1. The van der Waals surface area contributed by atoms with Gasteiger partial charge in [-0.25, -0.2) is 0 Å². The van der Waals surface area contributed by atoms with Crippen LogP contribution < -0.4 is 5.43 Å². The van der Waals surface area contributed by atoms with E-state index in [1.165, 1.54) is 6.92 Å². The number of hydrogen-bond donors (Lipinski definition) is 1. The summed E-state index contributed by atoms with van der Waals surface area (Å²) < 4.78 is 1.82. The summed E-state index contributed by atoms with van der Waals surface area (Å²) in [5.74, 6) is 0.277. The maximum Gasteiger partial charge on any atom is 0.202 e. The highest BCUT2D eigenvalue weighted by molar-refractivity contribution is 8.15. The molecular weight excluding hydrogens is 501 g/mol. The summed E-state index contributed by atoms with van der Waals surface area (Å²) in [5, 5.41) is 15.1. The zero-order valence-corrected chi connectivity index (χ0v) is 20.3. The van der Waals surface area contributed by atoms with E-state index in [0.717, 1.165) is 17.4 Å². The smallest absolute Gasteiger partial charge is 0.202 e. The van der Waals surface area contributed by atoms with E-state index < -0.39 is 0 Å². The van der Waals surface area contributed by atoms with Crippen LogP contribution in [0.3, 0.4) is 0 Å². The van der Waals surface area contributed by atoms with Gasteiger partial charge in [-0.05, 0) is 60.3 Å². The number of rotatable bonds is 6. The Morgan fingerprint density at radius 3 is 2.39 bits per heavy atom. The fourth-order valence-electron chi connectivity index (χ4n) is 2.92. The fraction of sp³-hybridized carbons (Fsp3) is 0.0435. The van der Waals surface area contributed by atoms with Gasteiger partial charge in [-0.15, -0.1) is 10.2 Å². The zero-order valence-electron chi connectivity index (χ0n) is 17.2. The molecule has 0 bridgehead atoms. The van der Waals surface area contributed by atoms with Crippen LogP contribution in [0.15, 0.2) is 83.1 Å². The predicted molar refractivity (Wildman–Crippen MR) is 136 cm³/mol. The van der Waals surface area contributed by atoms with E-state index in [9.17, 15) is 4.79 Å². The van der Waals surface area contributed by atoms with Gasteiger partial charge < -0.3 is 0 Å². The normalized spacial score (nSPS) is 11.5. The number of nitrogens with zero attached hydrogens (tertiary/aromatic N) is 4. The Kier molecular flexibility index (Phi) is 7.35. The summed E-state index contributed by atoms with van der Waals surface area (Å²) in [6.45, 7) is 1.44. The van der Waals surface area contributed by atoms with Gasteiger partial charge in [-0.2, -0.15) is 5.10 Å². The number of benzene rings is 3. The van der Waals surface area contributed by atoms with Gasteiger partial charge in [0.2, 0.25) is 5.16 Å². The van der Waals surface area contributed by atoms with Crippen LogP contribution >= 0.6 is 46.6 Å². The van der Waals surface area contributed by atoms with Gasteiger partial charge in [0.15, 0.2) is 16.7 Å². The second-order valence-electron chi connectivity index (χ2n) is 6.80. The van der Waals surface area contributed by atoms with Gasteiger partial charge >= 0.3 is 0 Å². The molecule has 4 aromatic rings. The first kappa shape index (κ1) is 23.3. The number of nitrogens with one attached hydrogen (secondary N) is 1. The molecule has 0 radical (unpaired) electrons. The summed E-state index contributed by atoms with van der Waals surface area (Å²) in [6, 6.07) is 21.7. The third kappa shape index (κ3) is 5.57. The van der Waals surface area contributed by atoms with E-state index in [1.807, 2.05) is 34.9 Å². The Labute approximate surface area is 209 Å². The Morgan fingerprint density at radius 2 is 1.70 bits per heavy atom. The quantitative estimate of drug-likeness (QED) is 0.129. The zero-order chi connectivity index (χ0) is 23.4. The van der Waals surface area contributed by atoms with Gasteiger partial charge in [0.1, 0.15) is 0 Å². The summed E-state index contributed by atoms with van der Waals surface area (Å²) in [7, 11) is 0. The number of aromatic nitrogens is 3. The molecule has 0 saturated heterocycles. The molecule has 166 valence electrons. The molecule has 0 saturated carbocycles. The van der Waals surface area contributed by atoms with E-state index in [4.69, 9.17) is 34.8 Å². The van der Waals surface area contributed by atoms with Crippen LogP contribution in [0.5, 0.6) is 0 Å². The van der Waals surface area contributed by atoms with Crippen molar-refractivity contribution in [1.29, 1.82) is 0 Å². The highest BCUT2D eigenvalue weighted by Crippen LogP contribution is 2.34. The Hall–Kier alpha value is -2.84. The lowest BCUT2D eigenvalue weighted by molar-refractivity contribution is -0.110. The maximum absolute atomic E-state index is 12.3. The van der Waals surface area contributed by atoms with Crippen LogP contribution in [-0.4, -0.2) is 25.6 Å². The van der Waals surface area contributed by atoms with Gasteiger partial charge in [0.25, 0.3) is 0 Å². The molecule has 6 nitrogen and oxygen atoms in total. The lowest BCUT2D eigenvalue weighted by Gasteiger charge is -2.11. The molecule has 0 spiro atoms. The van der Waals surface area contributed by atoms with Crippen molar-refractivity contribution in [2.75, 3.05) is 5.43 Å². The number of thioether (sulfide) groups is 1. The van der Waals surface area contributed by atoms with E-state index in [0.29, 0.717) is 37.3 Å². The Morgan fingerprint density at radius 1 is 0.939 bits per heavy atom. The highest BCUT2D eigenvalue weighted by atomic mass is 35.5. The van der Waals surface area contributed by atoms with Crippen LogP contribution in [0.4, 0.5) is 5.69 Å². The number of Topliss-reactive ketones (excluding diaryl/α,β-unsaturated/α-hetero) is 1. The third-order valence-electron chi connectivity index (χ3n) is 4.42.